The van der Waals surface area contributed by atoms with Crippen LogP contribution in [-0.4, -0.2) is 22.3 Å². The maximum atomic E-state index is 12.5. The number of nitrogens with zero attached hydrogens (tertiary/aromatic N) is 2. The van der Waals surface area contributed by atoms with Crippen molar-refractivity contribution < 1.29 is 14.3 Å². The van der Waals surface area contributed by atoms with E-state index in [1.165, 1.54) is 12.8 Å². The monoisotopic (exact) mass is 335 g/mol. The molecule has 0 radical (unpaired) electrons. The Bertz CT molecular complexity index is 975. The third-order valence-electron chi connectivity index (χ3n) is 4.62. The number of fused-ring (bicyclic) bond motifs is 2. The summed E-state index contributed by atoms with van der Waals surface area (Å²) in [7, 11) is 0. The Morgan fingerprint density at radius 1 is 1.16 bits per heavy atom. The van der Waals surface area contributed by atoms with Gasteiger partial charge >= 0.3 is 0 Å². The first-order valence-electron chi connectivity index (χ1n) is 8.43. The van der Waals surface area contributed by atoms with E-state index in [1.54, 1.807) is 18.2 Å². The zero-order valence-electron chi connectivity index (χ0n) is 13.6. The number of aromatic nitrogens is 2. The lowest BCUT2D eigenvalue weighted by Gasteiger charge is -2.09. The second kappa shape index (κ2) is 5.51. The largest absolute Gasteiger partial charge is 0.454 e. The highest BCUT2D eigenvalue weighted by atomic mass is 16.7. The van der Waals surface area contributed by atoms with Crippen molar-refractivity contribution in [1.82, 2.24) is 14.9 Å². The standard InChI is InChI=1S/C19H17N3O3/c23-19(12-5-8-16-17(9-12)25-11-24-16)20-10-18-21-14-3-1-2-4-15(14)22(18)13-6-7-13/h1-5,8-9,13H,6-7,10-11H2,(H,20,23). The zero-order chi connectivity index (χ0) is 16.8. The van der Waals surface area contributed by atoms with Gasteiger partial charge in [0.25, 0.3) is 5.91 Å². The molecule has 1 aromatic heterocycles. The Kier molecular flexibility index (Phi) is 3.16. The summed E-state index contributed by atoms with van der Waals surface area (Å²) in [4.78, 5) is 17.2. The van der Waals surface area contributed by atoms with Crippen LogP contribution in [0.25, 0.3) is 11.0 Å². The van der Waals surface area contributed by atoms with Crippen LogP contribution in [0.2, 0.25) is 0 Å². The van der Waals surface area contributed by atoms with Gasteiger partial charge in [0, 0.05) is 11.6 Å². The van der Waals surface area contributed by atoms with E-state index in [-0.39, 0.29) is 12.7 Å². The molecular weight excluding hydrogens is 318 g/mol. The average Bonchev–Trinajstić information content (AvgIpc) is 3.24. The molecule has 0 atom stereocenters. The molecule has 0 unspecified atom stereocenters. The van der Waals surface area contributed by atoms with E-state index in [2.05, 4.69) is 16.0 Å². The molecule has 1 aliphatic carbocycles. The Morgan fingerprint density at radius 3 is 2.88 bits per heavy atom. The van der Waals surface area contributed by atoms with Gasteiger partial charge in [0.15, 0.2) is 11.5 Å². The van der Waals surface area contributed by atoms with E-state index in [0.29, 0.717) is 29.6 Å². The van der Waals surface area contributed by atoms with E-state index in [4.69, 9.17) is 14.5 Å². The van der Waals surface area contributed by atoms with Crippen LogP contribution in [0.15, 0.2) is 42.5 Å². The minimum absolute atomic E-state index is 0.146. The van der Waals surface area contributed by atoms with Crippen LogP contribution in [0, 0.1) is 0 Å². The molecule has 25 heavy (non-hydrogen) atoms. The average molecular weight is 335 g/mol. The number of carbonyl (C=O) groups excluding carboxylic acids is 1. The lowest BCUT2D eigenvalue weighted by molar-refractivity contribution is 0.0949. The smallest absolute Gasteiger partial charge is 0.251 e. The van der Waals surface area contributed by atoms with Gasteiger partial charge in [-0.1, -0.05) is 12.1 Å². The molecule has 0 bridgehead atoms. The third-order valence-corrected chi connectivity index (χ3v) is 4.62. The molecule has 0 spiro atoms. The quantitative estimate of drug-likeness (QED) is 0.796. The molecule has 6 nitrogen and oxygen atoms in total. The molecule has 2 aliphatic rings. The van der Waals surface area contributed by atoms with Gasteiger partial charge in [-0.2, -0.15) is 0 Å². The molecule has 126 valence electrons. The third kappa shape index (κ3) is 2.50. The van der Waals surface area contributed by atoms with Crippen molar-refractivity contribution in [3.63, 3.8) is 0 Å². The molecule has 0 saturated heterocycles. The second-order valence-corrected chi connectivity index (χ2v) is 6.37. The van der Waals surface area contributed by atoms with Gasteiger partial charge in [0.05, 0.1) is 17.6 Å². The number of nitrogens with one attached hydrogen (secondary N) is 1. The number of hydrogen-bond acceptors (Lipinski definition) is 4. The van der Waals surface area contributed by atoms with Crippen molar-refractivity contribution in [3.05, 3.63) is 53.9 Å². The zero-order valence-corrected chi connectivity index (χ0v) is 13.6. The number of para-hydroxylation sites is 2. The molecule has 1 aliphatic heterocycles. The van der Waals surface area contributed by atoms with E-state index in [9.17, 15) is 4.79 Å². The number of benzene rings is 2. The highest BCUT2D eigenvalue weighted by Gasteiger charge is 2.28. The van der Waals surface area contributed by atoms with Crippen LogP contribution in [0.1, 0.15) is 35.1 Å². The Balaban J connectivity index is 1.38. The van der Waals surface area contributed by atoms with Gasteiger partial charge in [-0.05, 0) is 43.2 Å². The Labute approximate surface area is 144 Å². The van der Waals surface area contributed by atoms with Gasteiger partial charge in [-0.15, -0.1) is 0 Å². The summed E-state index contributed by atoms with van der Waals surface area (Å²) in [6, 6.07) is 13.8. The molecule has 3 aromatic rings. The summed E-state index contributed by atoms with van der Waals surface area (Å²) in [5.41, 5.74) is 2.66. The molecule has 1 N–H and O–H groups in total. The number of imidazole rings is 1. The number of rotatable bonds is 4. The van der Waals surface area contributed by atoms with E-state index >= 15 is 0 Å². The van der Waals surface area contributed by atoms with Crippen molar-refractivity contribution in [1.29, 1.82) is 0 Å². The van der Waals surface area contributed by atoms with Crippen LogP contribution in [0.3, 0.4) is 0 Å². The summed E-state index contributed by atoms with van der Waals surface area (Å²) in [5, 5.41) is 2.97. The molecule has 1 fully saturated rings. The van der Waals surface area contributed by atoms with Crippen molar-refractivity contribution >= 4 is 16.9 Å². The molecular formula is C19H17N3O3. The van der Waals surface area contributed by atoms with Gasteiger partial charge in [-0.25, -0.2) is 4.98 Å². The minimum atomic E-state index is -0.146. The molecule has 2 heterocycles. The number of hydrogen-bond donors (Lipinski definition) is 1. The van der Waals surface area contributed by atoms with Crippen LogP contribution in [0.4, 0.5) is 0 Å². The summed E-state index contributed by atoms with van der Waals surface area (Å²) >= 11 is 0. The topological polar surface area (TPSA) is 65.4 Å². The van der Waals surface area contributed by atoms with Crippen LogP contribution < -0.4 is 14.8 Å². The van der Waals surface area contributed by atoms with E-state index in [0.717, 1.165) is 16.9 Å². The summed E-state index contributed by atoms with van der Waals surface area (Å²) in [5.74, 6) is 2.04. The van der Waals surface area contributed by atoms with E-state index in [1.807, 2.05) is 18.2 Å². The SMILES string of the molecule is O=C(NCc1nc2ccccc2n1C1CC1)c1ccc2c(c1)OCO2. The van der Waals surface area contributed by atoms with Crippen molar-refractivity contribution in [2.24, 2.45) is 0 Å². The first-order chi connectivity index (χ1) is 12.3. The fourth-order valence-electron chi connectivity index (χ4n) is 3.26. The van der Waals surface area contributed by atoms with Crippen LogP contribution >= 0.6 is 0 Å². The fourth-order valence-corrected chi connectivity index (χ4v) is 3.26. The highest BCUT2D eigenvalue weighted by molar-refractivity contribution is 5.94. The van der Waals surface area contributed by atoms with Crippen molar-refractivity contribution in [2.45, 2.75) is 25.4 Å². The molecule has 6 heteroatoms. The molecule has 1 amide bonds. The highest BCUT2D eigenvalue weighted by Crippen LogP contribution is 2.38. The first kappa shape index (κ1) is 14.3. The van der Waals surface area contributed by atoms with Crippen LogP contribution in [-0.2, 0) is 6.54 Å². The summed E-state index contributed by atoms with van der Waals surface area (Å²) in [6.45, 7) is 0.601. The van der Waals surface area contributed by atoms with Crippen LogP contribution in [0.5, 0.6) is 11.5 Å². The maximum absolute atomic E-state index is 12.5. The summed E-state index contributed by atoms with van der Waals surface area (Å²) < 4.78 is 12.9. The molecule has 2 aromatic carbocycles. The number of carbonyl (C=O) groups is 1. The number of amides is 1. The fraction of sp³-hybridized carbons (Fsp3) is 0.263. The Hall–Kier alpha value is -3.02. The minimum Gasteiger partial charge on any atom is -0.454 e. The lowest BCUT2D eigenvalue weighted by Crippen LogP contribution is -2.24. The number of ether oxygens (including phenoxy) is 2. The molecule has 5 rings (SSSR count). The van der Waals surface area contributed by atoms with E-state index < -0.39 is 0 Å². The summed E-state index contributed by atoms with van der Waals surface area (Å²) in [6.07, 6.45) is 2.34. The maximum Gasteiger partial charge on any atom is 0.251 e. The van der Waals surface area contributed by atoms with Crippen molar-refractivity contribution in [3.8, 4) is 11.5 Å². The van der Waals surface area contributed by atoms with Gasteiger partial charge in [-0.3, -0.25) is 4.79 Å². The predicted molar refractivity (Wildman–Crippen MR) is 91.7 cm³/mol. The predicted octanol–water partition coefficient (Wildman–Crippen LogP) is 3.03. The Morgan fingerprint density at radius 2 is 2.00 bits per heavy atom. The molecule has 1 saturated carbocycles. The second-order valence-electron chi connectivity index (χ2n) is 6.37. The lowest BCUT2D eigenvalue weighted by atomic mass is 10.2. The van der Waals surface area contributed by atoms with Gasteiger partial charge in [0.1, 0.15) is 5.82 Å². The van der Waals surface area contributed by atoms with Gasteiger partial charge < -0.3 is 19.4 Å². The normalized spacial score (nSPS) is 15.5. The van der Waals surface area contributed by atoms with Crippen molar-refractivity contribution in [2.75, 3.05) is 6.79 Å². The first-order valence-corrected chi connectivity index (χ1v) is 8.43. The van der Waals surface area contributed by atoms with Gasteiger partial charge in [0.2, 0.25) is 6.79 Å².